The van der Waals surface area contributed by atoms with Gasteiger partial charge in [-0.2, -0.15) is 0 Å². The summed E-state index contributed by atoms with van der Waals surface area (Å²) in [5.41, 5.74) is -0.569. The summed E-state index contributed by atoms with van der Waals surface area (Å²) in [5, 5.41) is 10.8. The number of fused-ring (bicyclic) bond motifs is 2. The lowest BCUT2D eigenvalue weighted by Gasteiger charge is -2.40. The molecular formula is C17H30O3. The monoisotopic (exact) mass is 282 g/mol. The fourth-order valence-corrected chi connectivity index (χ4v) is 4.25. The first kappa shape index (κ1) is 15.8. The molecule has 0 aromatic rings. The van der Waals surface area contributed by atoms with Crippen molar-refractivity contribution in [1.29, 1.82) is 0 Å². The van der Waals surface area contributed by atoms with Crippen molar-refractivity contribution in [3.8, 4) is 0 Å². The van der Waals surface area contributed by atoms with E-state index in [1.807, 2.05) is 13.8 Å². The van der Waals surface area contributed by atoms with Crippen molar-refractivity contribution >= 4 is 5.97 Å². The highest BCUT2D eigenvalue weighted by Gasteiger charge is 2.54. The largest absolute Gasteiger partial charge is 0.462 e. The molecule has 3 heteroatoms. The van der Waals surface area contributed by atoms with Crippen molar-refractivity contribution in [3.63, 3.8) is 0 Å². The maximum Gasteiger partial charge on any atom is 0.308 e. The minimum atomic E-state index is -0.569. The maximum atomic E-state index is 12.0. The number of aliphatic hydroxyl groups is 1. The Labute approximate surface area is 123 Å². The summed E-state index contributed by atoms with van der Waals surface area (Å²) in [7, 11) is 0. The Bertz CT molecular complexity index is 348. The van der Waals surface area contributed by atoms with E-state index in [4.69, 9.17) is 4.74 Å². The van der Waals surface area contributed by atoms with Crippen molar-refractivity contribution < 1.29 is 14.6 Å². The van der Waals surface area contributed by atoms with Crippen LogP contribution in [0.3, 0.4) is 0 Å². The molecule has 2 saturated carbocycles. The highest BCUT2D eigenvalue weighted by molar-refractivity contribution is 5.72. The third kappa shape index (κ3) is 2.74. The van der Waals surface area contributed by atoms with Gasteiger partial charge in [0.1, 0.15) is 6.10 Å². The first-order valence-electron chi connectivity index (χ1n) is 8.38. The van der Waals surface area contributed by atoms with Gasteiger partial charge in [-0.3, -0.25) is 4.79 Å². The first-order chi connectivity index (χ1) is 9.45. The predicted molar refractivity (Wildman–Crippen MR) is 79.2 cm³/mol. The summed E-state index contributed by atoms with van der Waals surface area (Å²) in [5.74, 6) is 1.26. The van der Waals surface area contributed by atoms with Gasteiger partial charge in [-0.1, -0.05) is 27.7 Å². The van der Waals surface area contributed by atoms with Gasteiger partial charge in [-0.05, 0) is 50.4 Å². The van der Waals surface area contributed by atoms with Crippen molar-refractivity contribution in [2.75, 3.05) is 0 Å². The van der Waals surface area contributed by atoms with Crippen molar-refractivity contribution in [2.24, 2.45) is 23.7 Å². The summed E-state index contributed by atoms with van der Waals surface area (Å²) >= 11 is 0. The van der Waals surface area contributed by atoms with Gasteiger partial charge in [-0.15, -0.1) is 0 Å². The van der Waals surface area contributed by atoms with E-state index in [0.717, 1.165) is 38.5 Å². The molecule has 1 N–H and O–H groups in total. The van der Waals surface area contributed by atoms with Gasteiger partial charge < -0.3 is 9.84 Å². The lowest BCUT2D eigenvalue weighted by atomic mass is 9.72. The molecule has 0 saturated heterocycles. The number of rotatable bonds is 6. The lowest BCUT2D eigenvalue weighted by molar-refractivity contribution is -0.160. The fraction of sp³-hybridized carbons (Fsp3) is 0.941. The molecular weight excluding hydrogens is 252 g/mol. The Morgan fingerprint density at radius 3 is 2.40 bits per heavy atom. The topological polar surface area (TPSA) is 46.5 Å². The van der Waals surface area contributed by atoms with E-state index >= 15 is 0 Å². The second kappa shape index (κ2) is 6.05. The number of carbonyl (C=O) groups excluding carboxylic acids is 1. The zero-order chi connectivity index (χ0) is 14.9. The van der Waals surface area contributed by atoms with Crippen LogP contribution in [0.5, 0.6) is 0 Å². The molecule has 5 unspecified atom stereocenters. The Balaban J connectivity index is 2.03. The molecule has 2 aliphatic rings. The first-order valence-corrected chi connectivity index (χ1v) is 8.38. The van der Waals surface area contributed by atoms with Crippen LogP contribution in [0.2, 0.25) is 0 Å². The molecule has 116 valence electrons. The van der Waals surface area contributed by atoms with E-state index in [-0.39, 0.29) is 18.0 Å². The second-order valence-corrected chi connectivity index (χ2v) is 6.94. The summed E-state index contributed by atoms with van der Waals surface area (Å²) in [6.45, 7) is 8.08. The second-order valence-electron chi connectivity index (χ2n) is 6.94. The smallest absolute Gasteiger partial charge is 0.308 e. The van der Waals surface area contributed by atoms with Gasteiger partial charge in [0.05, 0.1) is 11.5 Å². The SMILES string of the molecule is CCC(C)C(=O)OC1CC2CC1C(C(O)(CC)CC)C2. The highest BCUT2D eigenvalue weighted by atomic mass is 16.5. The molecule has 0 radical (unpaired) electrons. The zero-order valence-corrected chi connectivity index (χ0v) is 13.4. The third-order valence-electron chi connectivity index (χ3n) is 5.95. The van der Waals surface area contributed by atoms with E-state index in [0.29, 0.717) is 17.8 Å². The number of hydrogen-bond acceptors (Lipinski definition) is 3. The molecule has 20 heavy (non-hydrogen) atoms. The number of hydrogen-bond donors (Lipinski definition) is 1. The van der Waals surface area contributed by atoms with Gasteiger partial charge in [0, 0.05) is 5.92 Å². The van der Waals surface area contributed by atoms with Crippen LogP contribution in [-0.2, 0) is 9.53 Å². The maximum absolute atomic E-state index is 12.0. The Morgan fingerprint density at radius 2 is 1.90 bits per heavy atom. The quantitative estimate of drug-likeness (QED) is 0.758. The molecule has 0 aromatic carbocycles. The average Bonchev–Trinajstić information content (AvgIpc) is 3.05. The molecule has 0 spiro atoms. The summed E-state index contributed by atoms with van der Waals surface area (Å²) < 4.78 is 5.76. The van der Waals surface area contributed by atoms with Crippen LogP contribution in [0.15, 0.2) is 0 Å². The minimum absolute atomic E-state index is 0.0104. The van der Waals surface area contributed by atoms with E-state index in [1.54, 1.807) is 0 Å². The molecule has 2 aliphatic carbocycles. The zero-order valence-electron chi connectivity index (χ0n) is 13.4. The fourth-order valence-electron chi connectivity index (χ4n) is 4.25. The van der Waals surface area contributed by atoms with Crippen LogP contribution in [0.25, 0.3) is 0 Å². The number of ether oxygens (including phenoxy) is 1. The molecule has 0 aliphatic heterocycles. The summed E-state index contributed by atoms with van der Waals surface area (Å²) in [6, 6.07) is 0. The lowest BCUT2D eigenvalue weighted by Crippen LogP contribution is -2.44. The van der Waals surface area contributed by atoms with Crippen LogP contribution in [0.4, 0.5) is 0 Å². The highest BCUT2D eigenvalue weighted by Crippen LogP contribution is 2.54. The Hall–Kier alpha value is -0.570. The molecule has 2 rings (SSSR count). The van der Waals surface area contributed by atoms with E-state index in [9.17, 15) is 9.90 Å². The van der Waals surface area contributed by atoms with E-state index < -0.39 is 5.60 Å². The van der Waals surface area contributed by atoms with Crippen LogP contribution in [-0.4, -0.2) is 22.8 Å². The van der Waals surface area contributed by atoms with Crippen LogP contribution < -0.4 is 0 Å². The summed E-state index contributed by atoms with van der Waals surface area (Å²) in [6.07, 6.45) is 5.72. The standard InChI is InChI=1S/C17H30O3/c1-5-11(4)16(18)20-15-10-12-8-13(15)14(9-12)17(19,6-2)7-3/h11-15,19H,5-10H2,1-4H3. The van der Waals surface area contributed by atoms with Crippen LogP contribution in [0, 0.1) is 23.7 Å². The molecule has 5 atom stereocenters. The average molecular weight is 282 g/mol. The molecule has 0 aromatic heterocycles. The van der Waals surface area contributed by atoms with Crippen LogP contribution in [0.1, 0.15) is 66.2 Å². The van der Waals surface area contributed by atoms with E-state index in [2.05, 4.69) is 13.8 Å². The van der Waals surface area contributed by atoms with Gasteiger partial charge in [-0.25, -0.2) is 0 Å². The van der Waals surface area contributed by atoms with Crippen LogP contribution >= 0.6 is 0 Å². The van der Waals surface area contributed by atoms with Crippen molar-refractivity contribution in [2.45, 2.75) is 77.9 Å². The summed E-state index contributed by atoms with van der Waals surface area (Å²) in [4.78, 5) is 12.0. The molecule has 2 bridgehead atoms. The van der Waals surface area contributed by atoms with Crippen molar-refractivity contribution in [3.05, 3.63) is 0 Å². The normalized spacial score (nSPS) is 34.2. The van der Waals surface area contributed by atoms with Gasteiger partial charge >= 0.3 is 5.97 Å². The van der Waals surface area contributed by atoms with Gasteiger partial charge in [0.2, 0.25) is 0 Å². The Morgan fingerprint density at radius 1 is 1.25 bits per heavy atom. The Kier molecular flexibility index (Phi) is 4.78. The van der Waals surface area contributed by atoms with Gasteiger partial charge in [0.15, 0.2) is 0 Å². The molecule has 0 amide bonds. The molecule has 2 fully saturated rings. The van der Waals surface area contributed by atoms with E-state index in [1.165, 1.54) is 0 Å². The molecule has 3 nitrogen and oxygen atoms in total. The minimum Gasteiger partial charge on any atom is -0.462 e. The third-order valence-corrected chi connectivity index (χ3v) is 5.95. The van der Waals surface area contributed by atoms with Crippen molar-refractivity contribution in [1.82, 2.24) is 0 Å². The number of esters is 1. The number of carbonyl (C=O) groups is 1. The molecule has 0 heterocycles. The van der Waals surface area contributed by atoms with Gasteiger partial charge in [0.25, 0.3) is 0 Å². The predicted octanol–water partition coefficient (Wildman–Crippen LogP) is 3.54.